The van der Waals surface area contributed by atoms with Crippen LogP contribution >= 0.6 is 0 Å². The van der Waals surface area contributed by atoms with Crippen LogP contribution in [0.25, 0.3) is 0 Å². The third-order valence-corrected chi connectivity index (χ3v) is 6.61. The monoisotopic (exact) mass is 370 g/mol. The molecule has 2 aromatic carbocycles. The summed E-state index contributed by atoms with van der Waals surface area (Å²) in [5.41, 5.74) is 4.45. The predicted octanol–water partition coefficient (Wildman–Crippen LogP) is 3.67. The first-order valence-corrected chi connectivity index (χ1v) is 10.4. The van der Waals surface area contributed by atoms with E-state index in [-0.39, 0.29) is 22.6 Å². The molecule has 0 radical (unpaired) electrons. The molecule has 0 bridgehead atoms. The number of carbonyl (C=O) groups excluding carboxylic acids is 1. The van der Waals surface area contributed by atoms with Crippen LogP contribution in [0.15, 0.2) is 41.3 Å². The lowest BCUT2D eigenvalue weighted by Crippen LogP contribution is -2.17. The molecule has 1 unspecified atom stereocenters. The fraction of sp³-hybridized carbons (Fsp3) is 0.350. The lowest BCUT2D eigenvalue weighted by atomic mass is 9.89. The lowest BCUT2D eigenvalue weighted by Gasteiger charge is -2.14. The van der Waals surface area contributed by atoms with Crippen molar-refractivity contribution < 1.29 is 13.2 Å². The average molecular weight is 370 g/mol. The van der Waals surface area contributed by atoms with E-state index in [0.29, 0.717) is 5.69 Å². The molecule has 0 fully saturated rings. The lowest BCUT2D eigenvalue weighted by molar-refractivity contribution is -0.117. The van der Waals surface area contributed by atoms with E-state index in [1.54, 1.807) is 30.3 Å². The maximum Gasteiger partial charge on any atom is 0.261 e. The molecule has 0 saturated heterocycles. The number of aryl methyl sites for hydroxylation is 2. The summed E-state index contributed by atoms with van der Waals surface area (Å²) in [7, 11) is -3.66. The Morgan fingerprint density at radius 1 is 1.08 bits per heavy atom. The summed E-state index contributed by atoms with van der Waals surface area (Å²) in [5, 5.41) is 2.86. The predicted molar refractivity (Wildman–Crippen MR) is 102 cm³/mol. The Morgan fingerprint density at radius 2 is 1.85 bits per heavy atom. The van der Waals surface area contributed by atoms with Crippen LogP contribution < -0.4 is 10.0 Å². The SMILES string of the molecule is CC(C)C1C(=O)Nc2ccc(NS(=O)(=O)c3ccc4c(c3)CCC4)cc21. The number of hydrogen-bond donors (Lipinski definition) is 2. The Balaban J connectivity index is 1.64. The summed E-state index contributed by atoms with van der Waals surface area (Å²) in [6, 6.07) is 10.6. The molecule has 2 aliphatic rings. The van der Waals surface area contributed by atoms with Crippen LogP contribution in [0.5, 0.6) is 0 Å². The molecule has 26 heavy (non-hydrogen) atoms. The summed E-state index contributed by atoms with van der Waals surface area (Å²) < 4.78 is 28.2. The van der Waals surface area contributed by atoms with E-state index >= 15 is 0 Å². The van der Waals surface area contributed by atoms with Crippen LogP contribution in [-0.4, -0.2) is 14.3 Å². The first-order valence-electron chi connectivity index (χ1n) is 8.94. The van der Waals surface area contributed by atoms with E-state index < -0.39 is 10.0 Å². The summed E-state index contributed by atoms with van der Waals surface area (Å²) in [5.74, 6) is -0.150. The number of hydrogen-bond acceptors (Lipinski definition) is 3. The zero-order valence-electron chi connectivity index (χ0n) is 14.9. The molecule has 136 valence electrons. The van der Waals surface area contributed by atoms with Gasteiger partial charge >= 0.3 is 0 Å². The van der Waals surface area contributed by atoms with Gasteiger partial charge in [0, 0.05) is 11.4 Å². The van der Waals surface area contributed by atoms with Crippen molar-refractivity contribution in [3.63, 3.8) is 0 Å². The molecule has 1 heterocycles. The molecule has 4 rings (SSSR count). The third-order valence-electron chi connectivity index (χ3n) is 5.23. The van der Waals surface area contributed by atoms with Crippen molar-refractivity contribution in [1.29, 1.82) is 0 Å². The quantitative estimate of drug-likeness (QED) is 0.862. The van der Waals surface area contributed by atoms with E-state index in [4.69, 9.17) is 0 Å². The molecule has 1 amide bonds. The number of benzene rings is 2. The topological polar surface area (TPSA) is 75.3 Å². The minimum Gasteiger partial charge on any atom is -0.325 e. The van der Waals surface area contributed by atoms with Gasteiger partial charge in [-0.1, -0.05) is 19.9 Å². The van der Waals surface area contributed by atoms with E-state index in [9.17, 15) is 13.2 Å². The maximum atomic E-state index is 12.8. The van der Waals surface area contributed by atoms with Gasteiger partial charge in [-0.25, -0.2) is 8.42 Å². The summed E-state index contributed by atoms with van der Waals surface area (Å²) >= 11 is 0. The highest BCUT2D eigenvalue weighted by molar-refractivity contribution is 7.92. The van der Waals surface area contributed by atoms with Crippen molar-refractivity contribution in [3.8, 4) is 0 Å². The Labute approximate surface area is 153 Å². The zero-order chi connectivity index (χ0) is 18.5. The van der Waals surface area contributed by atoms with Crippen molar-refractivity contribution >= 4 is 27.3 Å². The molecule has 0 spiro atoms. The largest absolute Gasteiger partial charge is 0.325 e. The van der Waals surface area contributed by atoms with Gasteiger partial charge in [-0.15, -0.1) is 0 Å². The zero-order valence-corrected chi connectivity index (χ0v) is 15.7. The minimum atomic E-state index is -3.66. The van der Waals surface area contributed by atoms with Crippen LogP contribution in [0, 0.1) is 5.92 Å². The molecule has 1 atom stereocenters. The molecule has 2 aromatic rings. The van der Waals surface area contributed by atoms with E-state index in [1.807, 2.05) is 19.9 Å². The summed E-state index contributed by atoms with van der Waals surface area (Å²) in [4.78, 5) is 12.4. The van der Waals surface area contributed by atoms with E-state index in [0.717, 1.165) is 36.1 Å². The van der Waals surface area contributed by atoms with Gasteiger partial charge in [-0.2, -0.15) is 0 Å². The van der Waals surface area contributed by atoms with Gasteiger partial charge < -0.3 is 5.32 Å². The molecule has 1 aliphatic carbocycles. The highest BCUT2D eigenvalue weighted by Crippen LogP contribution is 2.39. The second kappa shape index (κ2) is 6.13. The van der Waals surface area contributed by atoms with Crippen LogP contribution in [0.3, 0.4) is 0 Å². The Hall–Kier alpha value is -2.34. The van der Waals surface area contributed by atoms with Gasteiger partial charge in [0.05, 0.1) is 10.8 Å². The maximum absolute atomic E-state index is 12.8. The smallest absolute Gasteiger partial charge is 0.261 e. The number of sulfonamides is 1. The van der Waals surface area contributed by atoms with Gasteiger partial charge in [0.2, 0.25) is 5.91 Å². The Morgan fingerprint density at radius 3 is 2.62 bits per heavy atom. The highest BCUT2D eigenvalue weighted by atomic mass is 32.2. The van der Waals surface area contributed by atoms with Crippen molar-refractivity contribution in [1.82, 2.24) is 0 Å². The minimum absolute atomic E-state index is 0.0337. The van der Waals surface area contributed by atoms with Crippen molar-refractivity contribution in [2.45, 2.75) is 43.9 Å². The molecule has 1 aliphatic heterocycles. The molecule has 2 N–H and O–H groups in total. The number of nitrogens with one attached hydrogen (secondary N) is 2. The van der Waals surface area contributed by atoms with Crippen molar-refractivity contribution in [2.24, 2.45) is 5.92 Å². The fourth-order valence-corrected chi connectivity index (χ4v) is 5.04. The average Bonchev–Trinajstić information content (AvgIpc) is 3.16. The van der Waals surface area contributed by atoms with Gasteiger partial charge in [0.25, 0.3) is 10.0 Å². The molecule has 6 heteroatoms. The highest BCUT2D eigenvalue weighted by Gasteiger charge is 2.33. The molecule has 0 saturated carbocycles. The number of rotatable bonds is 4. The van der Waals surface area contributed by atoms with Crippen LogP contribution in [0.2, 0.25) is 0 Å². The van der Waals surface area contributed by atoms with Crippen LogP contribution in [0.4, 0.5) is 11.4 Å². The van der Waals surface area contributed by atoms with Crippen molar-refractivity contribution in [2.75, 3.05) is 10.0 Å². The second-order valence-corrected chi connectivity index (χ2v) is 9.08. The van der Waals surface area contributed by atoms with E-state index in [2.05, 4.69) is 10.0 Å². The van der Waals surface area contributed by atoms with Crippen molar-refractivity contribution in [3.05, 3.63) is 53.1 Å². The third kappa shape index (κ3) is 2.88. The fourth-order valence-electron chi connectivity index (χ4n) is 3.94. The number of anilines is 2. The first-order chi connectivity index (χ1) is 12.3. The van der Waals surface area contributed by atoms with Gasteiger partial charge in [-0.3, -0.25) is 9.52 Å². The summed E-state index contributed by atoms with van der Waals surface area (Å²) in [6.45, 7) is 3.97. The van der Waals surface area contributed by atoms with Crippen LogP contribution in [-0.2, 0) is 27.7 Å². The van der Waals surface area contributed by atoms with Gasteiger partial charge in [0.15, 0.2) is 0 Å². The second-order valence-electron chi connectivity index (χ2n) is 7.40. The number of carbonyl (C=O) groups is 1. The standard InChI is InChI=1S/C20H22N2O3S/c1-12(2)19-17-11-15(7-9-18(17)21-20(19)23)22-26(24,25)16-8-6-13-4-3-5-14(13)10-16/h6-12,19,22H,3-5H2,1-2H3,(H,21,23). The molecule has 0 aromatic heterocycles. The summed E-state index contributed by atoms with van der Waals surface area (Å²) in [6.07, 6.45) is 3.03. The molecular weight excluding hydrogens is 348 g/mol. The Bertz CT molecular complexity index is 996. The Kier molecular flexibility index (Phi) is 4.03. The normalized spacial score (nSPS) is 18.6. The van der Waals surface area contributed by atoms with Gasteiger partial charge in [0.1, 0.15) is 0 Å². The van der Waals surface area contributed by atoms with E-state index in [1.165, 1.54) is 5.56 Å². The number of amides is 1. The first kappa shape index (κ1) is 17.1. The molecule has 5 nitrogen and oxygen atoms in total. The number of fused-ring (bicyclic) bond motifs is 2. The van der Waals surface area contributed by atoms with Gasteiger partial charge in [-0.05, 0) is 72.2 Å². The van der Waals surface area contributed by atoms with Crippen LogP contribution in [0.1, 0.15) is 42.9 Å². The molecular formula is C20H22N2O3S.